The predicted octanol–water partition coefficient (Wildman–Crippen LogP) is 3.90. The van der Waals surface area contributed by atoms with Crippen LogP contribution >= 0.6 is 34.4 Å². The Hall–Kier alpha value is -0.100. The minimum Gasteiger partial charge on any atom is -0.293 e. The van der Waals surface area contributed by atoms with Crippen molar-refractivity contribution in [3.63, 3.8) is 0 Å². The molecule has 1 nitrogen and oxygen atoms in total. The van der Waals surface area contributed by atoms with Crippen LogP contribution in [0.15, 0.2) is 18.2 Å². The van der Waals surface area contributed by atoms with Gasteiger partial charge in [-0.05, 0) is 66.3 Å². The molecule has 0 bridgehead atoms. The molecule has 1 unspecified atom stereocenters. The smallest absolute Gasteiger partial charge is 0.179 e. The molecule has 0 saturated carbocycles. The molecule has 1 aromatic carbocycles. The normalized spacial score (nSPS) is 24.7. The zero-order chi connectivity index (χ0) is 11.8. The van der Waals surface area contributed by atoms with E-state index in [2.05, 4.69) is 0 Å². The van der Waals surface area contributed by atoms with Gasteiger partial charge < -0.3 is 0 Å². The number of ketones is 1. The van der Waals surface area contributed by atoms with Gasteiger partial charge in [0.2, 0.25) is 0 Å². The molecule has 2 rings (SSSR count). The van der Waals surface area contributed by atoms with Crippen molar-refractivity contribution in [1.82, 2.24) is 0 Å². The Morgan fingerprint density at radius 1 is 1.56 bits per heavy atom. The molecular weight excluding hydrogens is 338 g/mol. The van der Waals surface area contributed by atoms with Gasteiger partial charge in [-0.1, -0.05) is 0 Å². The lowest BCUT2D eigenvalue weighted by molar-refractivity contribution is 0.0948. The summed E-state index contributed by atoms with van der Waals surface area (Å²) in [5.41, 5.74) is 0.652. The summed E-state index contributed by atoms with van der Waals surface area (Å²) < 4.78 is 13.4. The van der Waals surface area contributed by atoms with Crippen LogP contribution in [0, 0.1) is 9.39 Å². The van der Waals surface area contributed by atoms with E-state index in [4.69, 9.17) is 0 Å². The Kier molecular flexibility index (Phi) is 3.59. The molecule has 0 aromatic heterocycles. The number of benzene rings is 1. The van der Waals surface area contributed by atoms with Crippen molar-refractivity contribution < 1.29 is 9.18 Å². The van der Waals surface area contributed by atoms with Gasteiger partial charge in [0.25, 0.3) is 0 Å². The Labute approximate surface area is 112 Å². The number of carbonyl (C=O) groups excluding carboxylic acids is 1. The summed E-state index contributed by atoms with van der Waals surface area (Å²) in [7, 11) is 0. The summed E-state index contributed by atoms with van der Waals surface area (Å²) in [4.78, 5) is 12.4. The summed E-state index contributed by atoms with van der Waals surface area (Å²) in [6.07, 6.45) is 2.01. The molecule has 1 aromatic rings. The number of hydrogen-bond acceptors (Lipinski definition) is 2. The fourth-order valence-corrected chi connectivity index (χ4v) is 3.91. The second-order valence-electron chi connectivity index (χ2n) is 4.14. The average Bonchev–Trinajstić information content (AvgIpc) is 2.66. The van der Waals surface area contributed by atoms with E-state index in [1.807, 2.05) is 29.5 Å². The number of Topliss-reactive ketones (excluding diaryl/α,β-unsaturated/α-hetero) is 1. The largest absolute Gasteiger partial charge is 0.293 e. The van der Waals surface area contributed by atoms with Crippen LogP contribution in [0.1, 0.15) is 30.1 Å². The molecule has 0 amide bonds. The highest BCUT2D eigenvalue weighted by Gasteiger charge is 2.38. The van der Waals surface area contributed by atoms with E-state index in [1.54, 1.807) is 17.8 Å². The number of carbonyl (C=O) groups is 1. The minimum atomic E-state index is -0.308. The molecule has 1 aliphatic rings. The predicted molar refractivity (Wildman–Crippen MR) is 73.5 cm³/mol. The van der Waals surface area contributed by atoms with Crippen LogP contribution in [0.5, 0.6) is 0 Å². The number of hydrogen-bond donors (Lipinski definition) is 0. The van der Waals surface area contributed by atoms with Gasteiger partial charge in [0.1, 0.15) is 5.82 Å². The van der Waals surface area contributed by atoms with Crippen LogP contribution in [0.4, 0.5) is 4.39 Å². The van der Waals surface area contributed by atoms with Crippen molar-refractivity contribution in [3.05, 3.63) is 33.1 Å². The highest BCUT2D eigenvalue weighted by Crippen LogP contribution is 2.40. The SMILES string of the molecule is CC1(C(=O)c2ccc(F)cc2I)CCCS1. The maximum absolute atomic E-state index is 13.0. The van der Waals surface area contributed by atoms with Gasteiger partial charge in [0.15, 0.2) is 5.78 Å². The third kappa shape index (κ3) is 2.27. The average molecular weight is 350 g/mol. The minimum absolute atomic E-state index is 0.138. The number of thioether (sulfide) groups is 1. The molecule has 0 radical (unpaired) electrons. The first-order valence-corrected chi connectivity index (χ1v) is 7.23. The molecule has 4 heteroatoms. The second-order valence-corrected chi connectivity index (χ2v) is 6.90. The first-order valence-electron chi connectivity index (χ1n) is 5.17. The first kappa shape index (κ1) is 12.4. The van der Waals surface area contributed by atoms with Crippen molar-refractivity contribution in [2.75, 3.05) is 5.75 Å². The monoisotopic (exact) mass is 350 g/mol. The van der Waals surface area contributed by atoms with E-state index in [0.29, 0.717) is 9.13 Å². The van der Waals surface area contributed by atoms with Gasteiger partial charge in [-0.3, -0.25) is 4.79 Å². The molecule has 1 heterocycles. The first-order chi connectivity index (χ1) is 7.53. The lowest BCUT2D eigenvalue weighted by Gasteiger charge is -2.21. The summed E-state index contributed by atoms with van der Waals surface area (Å²) in [5.74, 6) is 0.893. The molecule has 0 N–H and O–H groups in total. The lowest BCUT2D eigenvalue weighted by Crippen LogP contribution is -2.29. The topological polar surface area (TPSA) is 17.1 Å². The van der Waals surface area contributed by atoms with Gasteiger partial charge in [0.05, 0.1) is 4.75 Å². The van der Waals surface area contributed by atoms with Gasteiger partial charge in [-0.15, -0.1) is 11.8 Å². The molecule has 16 heavy (non-hydrogen) atoms. The van der Waals surface area contributed by atoms with Crippen molar-refractivity contribution in [2.24, 2.45) is 0 Å². The van der Waals surface area contributed by atoms with Crippen LogP contribution in [0.2, 0.25) is 0 Å². The Morgan fingerprint density at radius 3 is 2.88 bits per heavy atom. The Balaban J connectivity index is 2.33. The second kappa shape index (κ2) is 4.64. The molecule has 1 saturated heterocycles. The van der Waals surface area contributed by atoms with Gasteiger partial charge >= 0.3 is 0 Å². The quantitative estimate of drug-likeness (QED) is 0.595. The van der Waals surface area contributed by atoms with E-state index in [9.17, 15) is 9.18 Å². The zero-order valence-corrected chi connectivity index (χ0v) is 11.9. The molecule has 1 aliphatic heterocycles. The van der Waals surface area contributed by atoms with E-state index >= 15 is 0 Å². The molecule has 86 valence electrons. The highest BCUT2D eigenvalue weighted by molar-refractivity contribution is 14.1. The van der Waals surface area contributed by atoms with Crippen LogP contribution in [0.25, 0.3) is 0 Å². The lowest BCUT2D eigenvalue weighted by atomic mass is 9.95. The van der Waals surface area contributed by atoms with Crippen LogP contribution < -0.4 is 0 Å². The third-order valence-corrected chi connectivity index (χ3v) is 5.29. The Bertz CT molecular complexity index is 427. The van der Waals surface area contributed by atoms with E-state index < -0.39 is 0 Å². The summed E-state index contributed by atoms with van der Waals surface area (Å²) in [6, 6.07) is 4.37. The number of rotatable bonds is 2. The van der Waals surface area contributed by atoms with Gasteiger partial charge in [0, 0.05) is 9.13 Å². The molecule has 0 spiro atoms. The summed E-state index contributed by atoms with van der Waals surface area (Å²) >= 11 is 3.74. The maximum Gasteiger partial charge on any atom is 0.179 e. The van der Waals surface area contributed by atoms with Crippen molar-refractivity contribution >= 4 is 40.1 Å². The van der Waals surface area contributed by atoms with Crippen LogP contribution in [-0.4, -0.2) is 16.3 Å². The Morgan fingerprint density at radius 2 is 2.31 bits per heavy atom. The summed E-state index contributed by atoms with van der Waals surface area (Å²) in [5, 5.41) is 0. The van der Waals surface area contributed by atoms with E-state index in [-0.39, 0.29) is 16.3 Å². The van der Waals surface area contributed by atoms with Crippen LogP contribution in [-0.2, 0) is 0 Å². The van der Waals surface area contributed by atoms with Gasteiger partial charge in [-0.25, -0.2) is 4.39 Å². The maximum atomic E-state index is 13.0. The highest BCUT2D eigenvalue weighted by atomic mass is 127. The molecule has 0 aliphatic carbocycles. The molecular formula is C12H12FIOS. The van der Waals surface area contributed by atoms with Crippen molar-refractivity contribution in [2.45, 2.75) is 24.5 Å². The standard InChI is InChI=1S/C12H12FIOS/c1-12(5-2-6-16-12)11(15)9-4-3-8(13)7-10(9)14/h3-4,7H,2,5-6H2,1H3. The number of halogens is 2. The van der Waals surface area contributed by atoms with E-state index in [1.165, 1.54) is 12.1 Å². The van der Waals surface area contributed by atoms with Crippen molar-refractivity contribution in [1.29, 1.82) is 0 Å². The summed E-state index contributed by atoms with van der Waals surface area (Å²) in [6.45, 7) is 1.99. The zero-order valence-electron chi connectivity index (χ0n) is 8.93. The third-order valence-electron chi connectivity index (χ3n) is 2.87. The van der Waals surface area contributed by atoms with Crippen LogP contribution in [0.3, 0.4) is 0 Å². The van der Waals surface area contributed by atoms with E-state index in [0.717, 1.165) is 18.6 Å². The fraction of sp³-hybridized carbons (Fsp3) is 0.417. The van der Waals surface area contributed by atoms with Crippen molar-refractivity contribution in [3.8, 4) is 0 Å². The molecule has 1 fully saturated rings. The van der Waals surface area contributed by atoms with Gasteiger partial charge in [-0.2, -0.15) is 0 Å². The fourth-order valence-electron chi connectivity index (χ4n) is 1.92. The molecule has 1 atom stereocenters.